The molecule has 0 saturated carbocycles. The standard InChI is InChI=1S/C24H33ClN6O2/c1-17(2)9-14-31-16-21(29-24(33)27-20-8-7-19(25)15-18(20)3)28-22(31)23(32)26-10-6-13-30-11-4-5-12-30/h7-9,15-16H,4-6,10-14H2,1-3H3,(H,26,32)(H2,27,29,33). The number of carbonyl (C=O) groups excluding carboxylic acids is 2. The number of rotatable bonds is 9. The highest BCUT2D eigenvalue weighted by Crippen LogP contribution is 2.20. The molecule has 0 unspecified atom stereocenters. The summed E-state index contributed by atoms with van der Waals surface area (Å²) in [5.74, 6) is 0.329. The molecule has 178 valence electrons. The van der Waals surface area contributed by atoms with Gasteiger partial charge in [-0.15, -0.1) is 0 Å². The summed E-state index contributed by atoms with van der Waals surface area (Å²) >= 11 is 5.98. The van der Waals surface area contributed by atoms with Crippen molar-refractivity contribution in [3.05, 3.63) is 52.5 Å². The Morgan fingerprint density at radius 1 is 1.18 bits per heavy atom. The van der Waals surface area contributed by atoms with Gasteiger partial charge in [-0.1, -0.05) is 23.3 Å². The molecule has 0 radical (unpaired) electrons. The summed E-state index contributed by atoms with van der Waals surface area (Å²) < 4.78 is 1.74. The molecule has 0 atom stereocenters. The van der Waals surface area contributed by atoms with Crippen LogP contribution in [0.1, 0.15) is 49.3 Å². The van der Waals surface area contributed by atoms with Gasteiger partial charge in [-0.05, 0) is 83.4 Å². The normalized spacial score (nSPS) is 13.6. The number of carbonyl (C=O) groups is 2. The van der Waals surface area contributed by atoms with Crippen LogP contribution in [0.3, 0.4) is 0 Å². The third kappa shape index (κ3) is 7.61. The Kier molecular flexibility index (Phi) is 8.91. The Morgan fingerprint density at radius 2 is 1.94 bits per heavy atom. The molecule has 0 spiro atoms. The third-order valence-corrected chi connectivity index (χ3v) is 5.72. The number of benzene rings is 1. The van der Waals surface area contributed by atoms with Gasteiger partial charge in [-0.25, -0.2) is 9.78 Å². The van der Waals surface area contributed by atoms with E-state index in [9.17, 15) is 9.59 Å². The first-order valence-electron chi connectivity index (χ1n) is 11.4. The van der Waals surface area contributed by atoms with E-state index in [1.165, 1.54) is 12.8 Å². The molecular formula is C24H33ClN6O2. The van der Waals surface area contributed by atoms with E-state index in [2.05, 4.69) is 25.8 Å². The number of halogens is 1. The van der Waals surface area contributed by atoms with Crippen molar-refractivity contribution >= 4 is 35.0 Å². The van der Waals surface area contributed by atoms with Gasteiger partial charge in [0.15, 0.2) is 5.82 Å². The number of likely N-dealkylation sites (tertiary alicyclic amines) is 1. The lowest BCUT2D eigenvalue weighted by Gasteiger charge is -2.14. The van der Waals surface area contributed by atoms with Crippen LogP contribution in [0.5, 0.6) is 0 Å². The number of hydrogen-bond acceptors (Lipinski definition) is 4. The van der Waals surface area contributed by atoms with Gasteiger partial charge in [0.05, 0.1) is 0 Å². The Hall–Kier alpha value is -2.84. The van der Waals surface area contributed by atoms with Gasteiger partial charge in [0.25, 0.3) is 5.91 Å². The molecular weight excluding hydrogens is 440 g/mol. The Balaban J connectivity index is 1.62. The van der Waals surface area contributed by atoms with Crippen LogP contribution in [0.4, 0.5) is 16.3 Å². The molecule has 0 aliphatic carbocycles. The zero-order chi connectivity index (χ0) is 23.8. The van der Waals surface area contributed by atoms with Gasteiger partial charge in [-0.2, -0.15) is 0 Å². The predicted octanol–water partition coefficient (Wildman–Crippen LogP) is 4.67. The van der Waals surface area contributed by atoms with Crippen LogP contribution in [0.2, 0.25) is 5.02 Å². The average Bonchev–Trinajstić information content (AvgIpc) is 3.41. The smallest absolute Gasteiger partial charge is 0.324 e. The molecule has 2 heterocycles. The predicted molar refractivity (Wildman–Crippen MR) is 133 cm³/mol. The highest BCUT2D eigenvalue weighted by atomic mass is 35.5. The largest absolute Gasteiger partial charge is 0.349 e. The van der Waals surface area contributed by atoms with Crippen molar-refractivity contribution in [2.75, 3.05) is 36.8 Å². The first-order chi connectivity index (χ1) is 15.8. The van der Waals surface area contributed by atoms with Gasteiger partial charge < -0.3 is 20.1 Å². The van der Waals surface area contributed by atoms with E-state index < -0.39 is 6.03 Å². The van der Waals surface area contributed by atoms with Gasteiger partial charge >= 0.3 is 6.03 Å². The fourth-order valence-electron chi connectivity index (χ4n) is 3.70. The lowest BCUT2D eigenvalue weighted by molar-refractivity contribution is 0.0938. The molecule has 1 aromatic carbocycles. The highest BCUT2D eigenvalue weighted by Gasteiger charge is 2.17. The monoisotopic (exact) mass is 472 g/mol. The SMILES string of the molecule is CC(C)=CCn1cc(NC(=O)Nc2ccc(Cl)cc2C)nc1C(=O)NCCCN1CCCC1. The van der Waals surface area contributed by atoms with E-state index in [0.717, 1.165) is 37.2 Å². The third-order valence-electron chi connectivity index (χ3n) is 5.49. The van der Waals surface area contributed by atoms with Crippen molar-refractivity contribution in [1.82, 2.24) is 19.8 Å². The van der Waals surface area contributed by atoms with Gasteiger partial charge in [0.1, 0.15) is 0 Å². The Morgan fingerprint density at radius 3 is 2.64 bits per heavy atom. The summed E-state index contributed by atoms with van der Waals surface area (Å²) in [6, 6.07) is 4.79. The number of nitrogens with one attached hydrogen (secondary N) is 3. The van der Waals surface area contributed by atoms with Crippen LogP contribution >= 0.6 is 11.6 Å². The van der Waals surface area contributed by atoms with Crippen molar-refractivity contribution < 1.29 is 9.59 Å². The van der Waals surface area contributed by atoms with Crippen molar-refractivity contribution in [3.8, 4) is 0 Å². The van der Waals surface area contributed by atoms with Crippen molar-refractivity contribution in [3.63, 3.8) is 0 Å². The number of amides is 3. The van der Waals surface area contributed by atoms with Crippen molar-refractivity contribution in [2.45, 2.75) is 46.6 Å². The lowest BCUT2D eigenvalue weighted by Crippen LogP contribution is -2.30. The molecule has 0 bridgehead atoms. The lowest BCUT2D eigenvalue weighted by atomic mass is 10.2. The maximum Gasteiger partial charge on any atom is 0.324 e. The second kappa shape index (κ2) is 11.9. The molecule has 1 saturated heterocycles. The molecule has 8 nitrogen and oxygen atoms in total. The molecule has 33 heavy (non-hydrogen) atoms. The molecule has 1 aliphatic rings. The van der Waals surface area contributed by atoms with Crippen LogP contribution in [-0.2, 0) is 6.54 Å². The second-order valence-corrected chi connectivity index (χ2v) is 9.02. The zero-order valence-electron chi connectivity index (χ0n) is 19.6. The number of aromatic nitrogens is 2. The maximum absolute atomic E-state index is 12.8. The summed E-state index contributed by atoms with van der Waals surface area (Å²) in [7, 11) is 0. The number of anilines is 2. The molecule has 1 fully saturated rings. The van der Waals surface area contributed by atoms with E-state index in [0.29, 0.717) is 29.6 Å². The molecule has 9 heteroatoms. The van der Waals surface area contributed by atoms with E-state index in [1.807, 2.05) is 26.8 Å². The average molecular weight is 473 g/mol. The van der Waals surface area contributed by atoms with Gasteiger partial charge in [0.2, 0.25) is 5.82 Å². The van der Waals surface area contributed by atoms with E-state index >= 15 is 0 Å². The summed E-state index contributed by atoms with van der Waals surface area (Å²) in [4.78, 5) is 32.1. The molecule has 1 aromatic heterocycles. The minimum absolute atomic E-state index is 0.249. The minimum Gasteiger partial charge on any atom is -0.349 e. The van der Waals surface area contributed by atoms with Crippen LogP contribution in [0, 0.1) is 6.92 Å². The van der Waals surface area contributed by atoms with Crippen molar-refractivity contribution in [2.24, 2.45) is 0 Å². The summed E-state index contributed by atoms with van der Waals surface area (Å²) in [6.45, 7) is 10.2. The Labute approximate surface area is 200 Å². The molecule has 2 aromatic rings. The summed E-state index contributed by atoms with van der Waals surface area (Å²) in [5, 5.41) is 9.07. The van der Waals surface area contributed by atoms with Crippen LogP contribution in [0.15, 0.2) is 36.0 Å². The number of nitrogens with zero attached hydrogens (tertiary/aromatic N) is 3. The number of aryl methyl sites for hydroxylation is 1. The molecule has 1 aliphatic heterocycles. The first-order valence-corrected chi connectivity index (χ1v) is 11.7. The maximum atomic E-state index is 12.8. The van der Waals surface area contributed by atoms with Gasteiger partial charge in [-0.3, -0.25) is 10.1 Å². The van der Waals surface area contributed by atoms with E-state index in [-0.39, 0.29) is 11.7 Å². The van der Waals surface area contributed by atoms with Crippen LogP contribution in [0.25, 0.3) is 0 Å². The highest BCUT2D eigenvalue weighted by molar-refractivity contribution is 6.30. The molecule has 3 rings (SSSR count). The quantitative estimate of drug-likeness (QED) is 0.365. The summed E-state index contributed by atoms with van der Waals surface area (Å²) in [6.07, 6.45) is 7.10. The van der Waals surface area contributed by atoms with E-state index in [4.69, 9.17) is 11.6 Å². The fraction of sp³-hybridized carbons (Fsp3) is 0.458. The van der Waals surface area contributed by atoms with Crippen molar-refractivity contribution in [1.29, 1.82) is 0 Å². The second-order valence-electron chi connectivity index (χ2n) is 8.58. The minimum atomic E-state index is -0.440. The first kappa shape index (κ1) is 24.8. The topological polar surface area (TPSA) is 91.3 Å². The molecule has 3 N–H and O–H groups in total. The zero-order valence-corrected chi connectivity index (χ0v) is 20.3. The fourth-order valence-corrected chi connectivity index (χ4v) is 3.93. The van der Waals surface area contributed by atoms with Gasteiger partial charge in [0, 0.05) is 30.0 Å². The Bertz CT molecular complexity index is 1010. The molecule has 3 amide bonds. The number of urea groups is 1. The van der Waals surface area contributed by atoms with E-state index in [1.54, 1.807) is 29.0 Å². The number of imidazole rings is 1. The number of allylic oxidation sites excluding steroid dienone is 2. The van der Waals surface area contributed by atoms with Crippen LogP contribution in [-0.4, -0.2) is 52.6 Å². The number of hydrogen-bond donors (Lipinski definition) is 3. The van der Waals surface area contributed by atoms with Crippen LogP contribution < -0.4 is 16.0 Å². The summed E-state index contributed by atoms with van der Waals surface area (Å²) in [5.41, 5.74) is 2.63.